The fourth-order valence-electron chi connectivity index (χ4n) is 2.24. The van der Waals surface area contributed by atoms with Crippen molar-refractivity contribution in [2.75, 3.05) is 18.0 Å². The summed E-state index contributed by atoms with van der Waals surface area (Å²) in [5.41, 5.74) is 0. The van der Waals surface area contributed by atoms with Crippen molar-refractivity contribution in [2.45, 2.75) is 51.1 Å². The van der Waals surface area contributed by atoms with Crippen molar-refractivity contribution in [3.05, 3.63) is 5.89 Å². The van der Waals surface area contributed by atoms with Crippen LogP contribution in [0, 0.1) is 0 Å². The van der Waals surface area contributed by atoms with Crippen molar-refractivity contribution >= 4 is 5.95 Å². The van der Waals surface area contributed by atoms with Crippen molar-refractivity contribution in [3.8, 4) is 0 Å². The van der Waals surface area contributed by atoms with Gasteiger partial charge >= 0.3 is 0 Å². The van der Waals surface area contributed by atoms with Gasteiger partial charge in [0.2, 0.25) is 5.89 Å². The molecule has 0 aromatic carbocycles. The second kappa shape index (κ2) is 5.04. The average Bonchev–Trinajstić information content (AvgIpc) is 3.12. The number of rotatable bonds is 4. The van der Waals surface area contributed by atoms with Gasteiger partial charge in [-0.3, -0.25) is 0 Å². The Morgan fingerprint density at radius 2 is 1.94 bits per heavy atom. The summed E-state index contributed by atoms with van der Waals surface area (Å²) in [5.74, 6) is 1.50. The molecular weight excluding hydrogens is 216 g/mol. The van der Waals surface area contributed by atoms with Crippen LogP contribution in [0.4, 0.5) is 5.95 Å². The molecule has 0 atom stereocenters. The Morgan fingerprint density at radius 1 is 1.18 bits per heavy atom. The molecule has 1 aromatic heterocycles. The second-order valence-electron chi connectivity index (χ2n) is 5.04. The number of nitrogens with one attached hydrogen (secondary N) is 1. The first-order chi connectivity index (χ1) is 8.42. The lowest BCUT2D eigenvalue weighted by molar-refractivity contribution is 0.366. The monoisotopic (exact) mass is 236 g/mol. The van der Waals surface area contributed by atoms with E-state index in [1.807, 2.05) is 0 Å². The summed E-state index contributed by atoms with van der Waals surface area (Å²) in [6, 6.07) is 0.684. The average molecular weight is 236 g/mol. The lowest BCUT2D eigenvalue weighted by atomic mass is 10.2. The van der Waals surface area contributed by atoms with E-state index < -0.39 is 0 Å². The van der Waals surface area contributed by atoms with E-state index in [1.165, 1.54) is 38.5 Å². The SMILES string of the molecule is C1CCCN(c2noc(CNC3CC3)n2)CC1. The third kappa shape index (κ3) is 2.97. The molecule has 0 unspecified atom stereocenters. The molecular formula is C12H20N4O. The van der Waals surface area contributed by atoms with Gasteiger partial charge in [-0.05, 0) is 30.8 Å². The van der Waals surface area contributed by atoms with Crippen LogP contribution in [0.1, 0.15) is 44.4 Å². The minimum Gasteiger partial charge on any atom is -0.338 e. The van der Waals surface area contributed by atoms with Crippen LogP contribution in [0.15, 0.2) is 4.52 Å². The van der Waals surface area contributed by atoms with Crippen LogP contribution in [0.2, 0.25) is 0 Å². The molecule has 1 saturated carbocycles. The van der Waals surface area contributed by atoms with E-state index in [1.54, 1.807) is 0 Å². The first-order valence-corrected chi connectivity index (χ1v) is 6.73. The maximum atomic E-state index is 5.27. The lowest BCUT2D eigenvalue weighted by Gasteiger charge is -2.16. The van der Waals surface area contributed by atoms with Crippen LogP contribution >= 0.6 is 0 Å². The molecule has 1 aromatic rings. The highest BCUT2D eigenvalue weighted by Gasteiger charge is 2.22. The molecule has 2 heterocycles. The first kappa shape index (κ1) is 11.0. The van der Waals surface area contributed by atoms with Crippen LogP contribution in [-0.2, 0) is 6.54 Å². The first-order valence-electron chi connectivity index (χ1n) is 6.73. The maximum Gasteiger partial charge on any atom is 0.266 e. The van der Waals surface area contributed by atoms with Gasteiger partial charge in [0.25, 0.3) is 5.95 Å². The van der Waals surface area contributed by atoms with Crippen molar-refractivity contribution in [3.63, 3.8) is 0 Å². The van der Waals surface area contributed by atoms with E-state index in [4.69, 9.17) is 4.52 Å². The smallest absolute Gasteiger partial charge is 0.266 e. The van der Waals surface area contributed by atoms with Gasteiger partial charge in [0.1, 0.15) is 0 Å². The minimum absolute atomic E-state index is 0.684. The summed E-state index contributed by atoms with van der Waals surface area (Å²) in [4.78, 5) is 6.71. The Labute approximate surface area is 102 Å². The molecule has 1 aliphatic heterocycles. The van der Waals surface area contributed by atoms with E-state index in [9.17, 15) is 0 Å². The lowest BCUT2D eigenvalue weighted by Crippen LogP contribution is -2.25. The summed E-state index contributed by atoms with van der Waals surface area (Å²) in [5, 5.41) is 7.47. The summed E-state index contributed by atoms with van der Waals surface area (Å²) in [6.07, 6.45) is 7.70. The normalized spacial score (nSPS) is 21.5. The van der Waals surface area contributed by atoms with E-state index in [0.717, 1.165) is 24.9 Å². The zero-order valence-corrected chi connectivity index (χ0v) is 10.2. The number of hydrogen-bond acceptors (Lipinski definition) is 5. The third-order valence-corrected chi connectivity index (χ3v) is 3.47. The molecule has 3 rings (SSSR count). The number of hydrogen-bond donors (Lipinski definition) is 1. The van der Waals surface area contributed by atoms with Crippen LogP contribution in [-0.4, -0.2) is 29.3 Å². The highest BCUT2D eigenvalue weighted by Crippen LogP contribution is 2.20. The Balaban J connectivity index is 1.57. The molecule has 5 heteroatoms. The molecule has 2 fully saturated rings. The fraction of sp³-hybridized carbons (Fsp3) is 0.833. The zero-order valence-electron chi connectivity index (χ0n) is 10.2. The topological polar surface area (TPSA) is 54.2 Å². The second-order valence-corrected chi connectivity index (χ2v) is 5.04. The van der Waals surface area contributed by atoms with E-state index in [0.29, 0.717) is 12.6 Å². The molecule has 0 amide bonds. The van der Waals surface area contributed by atoms with E-state index in [-0.39, 0.29) is 0 Å². The standard InChI is InChI=1S/C12H20N4O/c1-2-4-8-16(7-3-1)12-14-11(17-15-12)9-13-10-5-6-10/h10,13H,1-9H2. The minimum atomic E-state index is 0.684. The highest BCUT2D eigenvalue weighted by atomic mass is 16.5. The van der Waals surface area contributed by atoms with Crippen LogP contribution in [0.5, 0.6) is 0 Å². The summed E-state index contributed by atoms with van der Waals surface area (Å²) < 4.78 is 5.27. The number of aromatic nitrogens is 2. The molecule has 0 radical (unpaired) electrons. The van der Waals surface area contributed by atoms with Crippen molar-refractivity contribution in [1.29, 1.82) is 0 Å². The quantitative estimate of drug-likeness (QED) is 0.862. The maximum absolute atomic E-state index is 5.27. The Bertz CT molecular complexity index is 353. The van der Waals surface area contributed by atoms with Crippen LogP contribution in [0.25, 0.3) is 0 Å². The third-order valence-electron chi connectivity index (χ3n) is 3.47. The molecule has 94 valence electrons. The van der Waals surface area contributed by atoms with E-state index in [2.05, 4.69) is 20.4 Å². The summed E-state index contributed by atoms with van der Waals surface area (Å²) >= 11 is 0. The Morgan fingerprint density at radius 3 is 2.65 bits per heavy atom. The molecule has 1 N–H and O–H groups in total. The van der Waals surface area contributed by atoms with Gasteiger partial charge in [0.05, 0.1) is 6.54 Å². The molecule has 1 saturated heterocycles. The highest BCUT2D eigenvalue weighted by molar-refractivity contribution is 5.27. The molecule has 0 bridgehead atoms. The zero-order chi connectivity index (χ0) is 11.5. The van der Waals surface area contributed by atoms with Gasteiger partial charge in [-0.25, -0.2) is 0 Å². The van der Waals surface area contributed by atoms with E-state index >= 15 is 0 Å². The van der Waals surface area contributed by atoms with Gasteiger partial charge < -0.3 is 14.7 Å². The van der Waals surface area contributed by atoms with Crippen molar-refractivity contribution in [1.82, 2.24) is 15.5 Å². The van der Waals surface area contributed by atoms with Crippen molar-refractivity contribution in [2.24, 2.45) is 0 Å². The van der Waals surface area contributed by atoms with Gasteiger partial charge in [-0.1, -0.05) is 12.8 Å². The van der Waals surface area contributed by atoms with Gasteiger partial charge in [0.15, 0.2) is 0 Å². The molecule has 0 spiro atoms. The van der Waals surface area contributed by atoms with Crippen molar-refractivity contribution < 1.29 is 4.52 Å². The predicted octanol–water partition coefficient (Wildman–Crippen LogP) is 1.70. The Hall–Kier alpha value is -1.10. The van der Waals surface area contributed by atoms with Crippen LogP contribution < -0.4 is 10.2 Å². The molecule has 2 aliphatic rings. The Kier molecular flexibility index (Phi) is 3.27. The number of nitrogens with zero attached hydrogens (tertiary/aromatic N) is 3. The molecule has 17 heavy (non-hydrogen) atoms. The number of anilines is 1. The van der Waals surface area contributed by atoms with Crippen LogP contribution in [0.3, 0.4) is 0 Å². The summed E-state index contributed by atoms with van der Waals surface area (Å²) in [6.45, 7) is 2.84. The fourth-order valence-corrected chi connectivity index (χ4v) is 2.24. The predicted molar refractivity (Wildman–Crippen MR) is 64.8 cm³/mol. The molecule has 1 aliphatic carbocycles. The largest absolute Gasteiger partial charge is 0.338 e. The van der Waals surface area contributed by atoms with Gasteiger partial charge in [0, 0.05) is 19.1 Å². The van der Waals surface area contributed by atoms with Gasteiger partial charge in [-0.15, -0.1) is 0 Å². The molecule has 5 nitrogen and oxygen atoms in total. The summed E-state index contributed by atoms with van der Waals surface area (Å²) in [7, 11) is 0. The van der Waals surface area contributed by atoms with Gasteiger partial charge in [-0.2, -0.15) is 4.98 Å².